The lowest BCUT2D eigenvalue weighted by Gasteiger charge is -2.54. The molecule has 3 spiro atoms. The minimum absolute atomic E-state index is 0.00439. The molecular weight excluding hydrogens is 1380 g/mol. The summed E-state index contributed by atoms with van der Waals surface area (Å²) in [6, 6.07) is 5.66. The van der Waals surface area contributed by atoms with Crippen molar-refractivity contribution in [1.29, 1.82) is 0 Å². The molecule has 18 nitrogen and oxygen atoms in total. The molecule has 2 N–H and O–H groups in total. The molecule has 0 amide bonds. The summed E-state index contributed by atoms with van der Waals surface area (Å²) in [5, 5.41) is 20.9. The van der Waals surface area contributed by atoms with Crippen LogP contribution in [-0.2, 0) is 74.7 Å². The molecule has 590 valence electrons. The zero-order valence-electron chi connectivity index (χ0n) is 67.6. The Hall–Kier alpha value is -1.24. The third kappa shape index (κ3) is 22.3. The van der Waals surface area contributed by atoms with Crippen molar-refractivity contribution < 1.29 is 84.9 Å². The molecular formula is C79H143ClO18Si4. The van der Waals surface area contributed by atoms with E-state index in [1.807, 2.05) is 31.4 Å². The Balaban J connectivity index is 1.17. The second-order valence-electron chi connectivity index (χ2n) is 35.3. The highest BCUT2D eigenvalue weighted by atomic mass is 35.5. The van der Waals surface area contributed by atoms with E-state index in [4.69, 9.17) is 76.7 Å². The summed E-state index contributed by atoms with van der Waals surface area (Å²) in [5.74, 6) is -5.35. The van der Waals surface area contributed by atoms with Gasteiger partial charge in [0.1, 0.15) is 6.10 Å². The molecule has 21 atom stereocenters. The number of ether oxygens (including phenoxy) is 10. The fraction of sp³-hybridized carbons (Fsp3) is 0.899. The molecule has 0 aromatic carbocycles. The van der Waals surface area contributed by atoms with Crippen LogP contribution in [0, 0.1) is 17.8 Å². The summed E-state index contributed by atoms with van der Waals surface area (Å²) < 4.78 is 98.9. The number of aliphatic hydroxyl groups excluding tert-OH is 1. The number of esters is 1. The molecule has 6 fully saturated rings. The lowest BCUT2D eigenvalue weighted by atomic mass is 9.82. The van der Waals surface area contributed by atoms with Gasteiger partial charge in [0.2, 0.25) is 5.79 Å². The number of alkyl halides is 1. The van der Waals surface area contributed by atoms with Crippen molar-refractivity contribution in [2.24, 2.45) is 17.8 Å². The maximum absolute atomic E-state index is 12.2. The maximum atomic E-state index is 12.2. The average Bonchev–Trinajstić information content (AvgIpc) is 1.40. The number of hydrogen-bond acceptors (Lipinski definition) is 17. The monoisotopic (exact) mass is 1530 g/mol. The predicted molar refractivity (Wildman–Crippen MR) is 414 cm³/mol. The summed E-state index contributed by atoms with van der Waals surface area (Å²) in [4.78, 5) is 24.2. The van der Waals surface area contributed by atoms with Crippen molar-refractivity contribution in [2.45, 2.75) is 420 Å². The van der Waals surface area contributed by atoms with Crippen LogP contribution in [0.2, 0.25) is 72.5 Å². The lowest BCUT2D eigenvalue weighted by molar-refractivity contribution is -0.413. The highest BCUT2D eigenvalue weighted by Crippen LogP contribution is 2.54. The molecule has 0 aromatic heterocycles. The number of methoxy groups -OCH3 is 2. The summed E-state index contributed by atoms with van der Waals surface area (Å²) in [5.41, 5.74) is 0. The first-order chi connectivity index (χ1) is 47.7. The summed E-state index contributed by atoms with van der Waals surface area (Å²) in [6.45, 7) is 47.1. The highest BCUT2D eigenvalue weighted by Gasteiger charge is 2.61. The smallest absolute Gasteiger partial charge is 0.338 e. The summed E-state index contributed by atoms with van der Waals surface area (Å²) >= 11 is 7.60. The number of hydrogen-bond donors (Lipinski definition) is 2. The number of aliphatic hydroxyl groups is 1. The van der Waals surface area contributed by atoms with E-state index < -0.39 is 110 Å². The first kappa shape index (κ1) is 88.0. The van der Waals surface area contributed by atoms with Gasteiger partial charge in [0.15, 0.2) is 56.7 Å². The number of carboxylic acids is 1. The molecule has 0 saturated carbocycles. The Bertz CT molecular complexity index is 2700. The van der Waals surface area contributed by atoms with E-state index in [-0.39, 0.29) is 82.9 Å². The number of halogens is 1. The van der Waals surface area contributed by atoms with Crippen molar-refractivity contribution in [1.82, 2.24) is 0 Å². The Kier molecular flexibility index (Phi) is 31.7. The normalized spacial score (nSPS) is 34.5. The molecule has 7 heterocycles. The van der Waals surface area contributed by atoms with Crippen LogP contribution in [0.15, 0.2) is 36.5 Å². The summed E-state index contributed by atoms with van der Waals surface area (Å²) in [6.07, 6.45) is 17.7. The molecule has 6 saturated heterocycles. The van der Waals surface area contributed by atoms with Crippen molar-refractivity contribution in [3.8, 4) is 0 Å². The molecule has 102 heavy (non-hydrogen) atoms. The van der Waals surface area contributed by atoms with Crippen LogP contribution in [0.4, 0.5) is 0 Å². The molecule has 0 unspecified atom stereocenters. The van der Waals surface area contributed by atoms with Crippen molar-refractivity contribution in [3.63, 3.8) is 0 Å². The number of aliphatic carboxylic acids is 1. The molecule has 7 rings (SSSR count). The van der Waals surface area contributed by atoms with E-state index in [0.29, 0.717) is 83.5 Å². The van der Waals surface area contributed by atoms with Gasteiger partial charge in [0.05, 0.1) is 72.8 Å². The van der Waals surface area contributed by atoms with Crippen LogP contribution in [0.5, 0.6) is 0 Å². The topological polar surface area (TPSA) is 204 Å². The first-order valence-electron chi connectivity index (χ1n) is 39.9. The number of rotatable bonds is 36. The van der Waals surface area contributed by atoms with Crippen LogP contribution in [-0.4, -0.2) is 184 Å². The summed E-state index contributed by atoms with van der Waals surface area (Å²) in [7, 11) is -6.05. The molecule has 0 aromatic rings. The minimum Gasteiger partial charge on any atom is -0.481 e. The SMILES string of the molecule is CC[Si](CC)(CC)O[C@H]([C@H]1O[C@@]2(C=C[C@H](C)[C@@H](C[C@H](C[C@@H](C[C@@H]3CCC[C@H](CC(=O)O)O3)O[Si](C)(C)C(C)(C)C)O[Si](C)(C)C(C)(C)C)O2)CC[C@@H]1OC)[C@@H](O[Si](CC)(CC)CC)[C@@H](C)CC[C@H]1O[C@@]2(CC[C@H](C)[C@@]3(C[C@H](O)[C@H](C/C=C/C/C=C\C[C@H]4OC(C)(C)OC4=O)O3)O2)C[C@@H](OC)[C@@H]1Cl. The van der Waals surface area contributed by atoms with Gasteiger partial charge in [-0.05, 0) is 162 Å². The number of carbonyl (C=O) groups excluding carboxylic acids is 1. The van der Waals surface area contributed by atoms with Gasteiger partial charge in [-0.25, -0.2) is 4.79 Å². The van der Waals surface area contributed by atoms with Crippen molar-refractivity contribution in [3.05, 3.63) is 36.5 Å². The number of cyclic esters (lactones) is 1. The standard InChI is InChI=1S/C79H143ClO18Si4/c1-24-101(25-2,26-3)96-70(55(8)40-41-63-69(80)67(86-19)53-78(89-63)46-43-56(9)79(98-78)52-61(81)62(91-79)38-33-31-30-32-34-39-65-73(84)93-76(16,17)88-65)72(97-102(27-4,28-5)29-6)71-64(85-18)44-47-77(92-71)45-42-54(7)66(90-77)50-60(95-100(22,23)75(13,14)15)49-59(94-99(20,21)74(10,11)12)48-57-36-35-37-58(87-57)51-68(82)83/h31-34,42,45,54-67,69-72,81H,24-30,35-41,43-44,46-53H2,1-23H3,(H,82,83)/b33-31+,34-32-/t54-,55-,56-,57-,58+,59+,60-,61-,62-,63+,64-,65+,66+,67+,69+,70-,71-,72-,77-,78+,79+/m0/s1. The van der Waals surface area contributed by atoms with E-state index in [0.717, 1.165) is 61.9 Å². The predicted octanol–water partition coefficient (Wildman–Crippen LogP) is 18.4. The second-order valence-corrected chi connectivity index (χ2v) is 54.7. The first-order valence-corrected chi connectivity index (χ1v) is 51.3. The van der Waals surface area contributed by atoms with Gasteiger partial charge >= 0.3 is 11.9 Å². The van der Waals surface area contributed by atoms with E-state index >= 15 is 0 Å². The molecule has 7 aliphatic rings. The third-order valence-corrected chi connectivity index (χ3v) is 44.5. The van der Waals surface area contributed by atoms with Gasteiger partial charge in [0, 0.05) is 84.2 Å². The lowest BCUT2D eigenvalue weighted by Crippen LogP contribution is -2.63. The van der Waals surface area contributed by atoms with E-state index in [2.05, 4.69) is 142 Å². The fourth-order valence-corrected chi connectivity index (χ4v) is 25.3. The molecule has 0 radical (unpaired) electrons. The fourth-order valence-electron chi connectivity index (χ4n) is 16.4. The van der Waals surface area contributed by atoms with Gasteiger partial charge < -0.3 is 75.3 Å². The zero-order valence-corrected chi connectivity index (χ0v) is 72.4. The van der Waals surface area contributed by atoms with Crippen LogP contribution in [0.3, 0.4) is 0 Å². The van der Waals surface area contributed by atoms with Crippen LogP contribution in [0.25, 0.3) is 0 Å². The van der Waals surface area contributed by atoms with Gasteiger partial charge in [-0.15, -0.1) is 11.6 Å². The Morgan fingerprint density at radius 3 is 1.86 bits per heavy atom. The van der Waals surface area contributed by atoms with Gasteiger partial charge in [-0.2, -0.15) is 0 Å². The van der Waals surface area contributed by atoms with Crippen molar-refractivity contribution >= 4 is 56.8 Å². The van der Waals surface area contributed by atoms with E-state index in [1.165, 1.54) is 0 Å². The second kappa shape index (κ2) is 36.7. The number of allylic oxidation sites excluding steroid dienone is 2. The Morgan fingerprint density at radius 2 is 1.29 bits per heavy atom. The van der Waals surface area contributed by atoms with Crippen LogP contribution in [0.1, 0.15) is 233 Å². The highest BCUT2D eigenvalue weighted by molar-refractivity contribution is 6.75. The maximum Gasteiger partial charge on any atom is 0.338 e. The zero-order chi connectivity index (χ0) is 75.7. The Labute approximate surface area is 626 Å². The van der Waals surface area contributed by atoms with Crippen molar-refractivity contribution in [2.75, 3.05) is 14.2 Å². The van der Waals surface area contributed by atoms with Gasteiger partial charge in [0.25, 0.3) is 0 Å². The quantitative estimate of drug-likeness (QED) is 0.0259. The van der Waals surface area contributed by atoms with Crippen LogP contribution < -0.4 is 0 Å². The van der Waals surface area contributed by atoms with Gasteiger partial charge in [-0.3, -0.25) is 4.79 Å². The average molecular weight is 1530 g/mol. The molecule has 0 bridgehead atoms. The largest absolute Gasteiger partial charge is 0.481 e. The molecule has 23 heteroatoms. The number of carbonyl (C=O) groups is 2. The molecule has 7 aliphatic heterocycles. The third-order valence-electron chi connectivity index (χ3n) is 25.6. The van der Waals surface area contributed by atoms with Gasteiger partial charge in [-0.1, -0.05) is 134 Å². The molecule has 0 aliphatic carbocycles. The minimum atomic E-state index is -2.45. The van der Waals surface area contributed by atoms with Crippen LogP contribution >= 0.6 is 11.6 Å². The number of carboxylic acid groups (broad SMARTS) is 1. The van der Waals surface area contributed by atoms with E-state index in [9.17, 15) is 19.8 Å². The Morgan fingerprint density at radius 1 is 0.706 bits per heavy atom. The van der Waals surface area contributed by atoms with E-state index in [1.54, 1.807) is 21.0 Å².